The highest BCUT2D eigenvalue weighted by molar-refractivity contribution is 7.99. The van der Waals surface area contributed by atoms with Gasteiger partial charge in [-0.05, 0) is 37.0 Å². The molecule has 1 fully saturated rings. The maximum Gasteiger partial charge on any atom is 0.272 e. The van der Waals surface area contributed by atoms with Gasteiger partial charge in [0.15, 0.2) is 5.16 Å². The summed E-state index contributed by atoms with van der Waals surface area (Å²) < 4.78 is 8.05. The number of pyridine rings is 1. The number of benzene rings is 1. The van der Waals surface area contributed by atoms with Gasteiger partial charge < -0.3 is 10.1 Å². The molecule has 1 amide bonds. The number of hydrogen-bond acceptors (Lipinski definition) is 7. The molecular weight excluding hydrogens is 456 g/mol. The molecule has 4 heterocycles. The lowest BCUT2D eigenvalue weighted by Gasteiger charge is -2.15. The number of nitrogens with zero attached hydrogens (tertiary/aromatic N) is 3. The van der Waals surface area contributed by atoms with Crippen LogP contribution in [0.3, 0.4) is 0 Å². The normalized spacial score (nSPS) is 15.9. The Hall–Kier alpha value is -2.75. The highest BCUT2D eigenvalue weighted by atomic mass is 32.2. The van der Waals surface area contributed by atoms with Crippen molar-refractivity contribution in [1.82, 2.24) is 19.9 Å². The molecule has 0 unspecified atom stereocenters. The number of thioether (sulfide) groups is 1. The first-order valence-electron chi connectivity index (χ1n) is 11.0. The lowest BCUT2D eigenvalue weighted by atomic mass is 10.1. The summed E-state index contributed by atoms with van der Waals surface area (Å²) in [6.07, 6.45) is 4.40. The standard InChI is InChI=1S/C24H24N4O3S2/c29-19(25-12-10-16-6-2-1-3-7-16)15-32-24-27-20-18-9-4-11-26-22(18)33-21(20)23(30)28(24)14-17-8-5-13-31-17/h1-4,6-7,9,11,17H,5,8,10,12-15H2,(H,25,29)/t17-/m1/s1. The van der Waals surface area contributed by atoms with Gasteiger partial charge in [-0.15, -0.1) is 11.3 Å². The summed E-state index contributed by atoms with van der Waals surface area (Å²) >= 11 is 2.66. The summed E-state index contributed by atoms with van der Waals surface area (Å²) in [6, 6.07) is 13.8. The van der Waals surface area contributed by atoms with E-state index in [2.05, 4.69) is 10.3 Å². The molecule has 4 aromatic rings. The van der Waals surface area contributed by atoms with E-state index >= 15 is 0 Å². The first kappa shape index (κ1) is 22.1. The molecule has 0 aliphatic carbocycles. The largest absolute Gasteiger partial charge is 0.376 e. The minimum Gasteiger partial charge on any atom is -0.376 e. The number of aromatic nitrogens is 3. The van der Waals surface area contributed by atoms with Gasteiger partial charge in [0.25, 0.3) is 5.56 Å². The number of amides is 1. The Kier molecular flexibility index (Phi) is 6.70. The van der Waals surface area contributed by atoms with E-state index in [0.717, 1.165) is 29.5 Å². The highest BCUT2D eigenvalue weighted by Gasteiger charge is 2.22. The van der Waals surface area contributed by atoms with Crippen LogP contribution in [0.1, 0.15) is 18.4 Å². The lowest BCUT2D eigenvalue weighted by molar-refractivity contribution is -0.118. The molecule has 9 heteroatoms. The summed E-state index contributed by atoms with van der Waals surface area (Å²) in [5.74, 6) is 0.115. The van der Waals surface area contributed by atoms with Crippen LogP contribution in [0.2, 0.25) is 0 Å². The molecule has 0 radical (unpaired) electrons. The predicted molar refractivity (Wildman–Crippen MR) is 132 cm³/mol. The van der Waals surface area contributed by atoms with Crippen LogP contribution in [0.4, 0.5) is 0 Å². The van der Waals surface area contributed by atoms with Gasteiger partial charge in [0.2, 0.25) is 5.91 Å². The second kappa shape index (κ2) is 10.0. The number of carbonyl (C=O) groups excluding carboxylic acids is 1. The number of ether oxygens (including phenoxy) is 1. The number of hydrogen-bond donors (Lipinski definition) is 1. The van der Waals surface area contributed by atoms with Crippen LogP contribution in [0, 0.1) is 0 Å². The predicted octanol–water partition coefficient (Wildman–Crippen LogP) is 3.64. The van der Waals surface area contributed by atoms with Crippen LogP contribution < -0.4 is 10.9 Å². The highest BCUT2D eigenvalue weighted by Crippen LogP contribution is 2.30. The molecule has 3 aromatic heterocycles. The fourth-order valence-electron chi connectivity index (χ4n) is 3.98. The fraction of sp³-hybridized carbons (Fsp3) is 0.333. The Labute approximate surface area is 199 Å². The number of fused-ring (bicyclic) bond motifs is 3. The fourth-order valence-corrected chi connectivity index (χ4v) is 5.84. The van der Waals surface area contributed by atoms with Crippen LogP contribution in [0.25, 0.3) is 20.4 Å². The molecule has 1 aromatic carbocycles. The summed E-state index contributed by atoms with van der Waals surface area (Å²) in [7, 11) is 0. The SMILES string of the molecule is O=C(CSc1nc2c(sc3ncccc32)c(=O)n1C[C@H]1CCCO1)NCCc1ccccc1. The minimum absolute atomic E-state index is 0.00602. The van der Waals surface area contributed by atoms with Gasteiger partial charge in [-0.3, -0.25) is 14.2 Å². The Morgan fingerprint density at radius 2 is 2.12 bits per heavy atom. The maximum absolute atomic E-state index is 13.4. The zero-order valence-corrected chi connectivity index (χ0v) is 19.7. The first-order valence-corrected chi connectivity index (χ1v) is 12.8. The Bertz CT molecular complexity index is 1330. The van der Waals surface area contributed by atoms with Crippen molar-refractivity contribution in [2.24, 2.45) is 0 Å². The van der Waals surface area contributed by atoms with Gasteiger partial charge in [-0.1, -0.05) is 42.1 Å². The molecule has 0 bridgehead atoms. The summed E-state index contributed by atoms with van der Waals surface area (Å²) in [5.41, 5.74) is 1.75. The second-order valence-electron chi connectivity index (χ2n) is 7.96. The Morgan fingerprint density at radius 3 is 2.94 bits per heavy atom. The van der Waals surface area contributed by atoms with E-state index in [1.165, 1.54) is 28.7 Å². The van der Waals surface area contributed by atoms with Crippen molar-refractivity contribution in [2.45, 2.75) is 37.1 Å². The number of carbonyl (C=O) groups is 1. The third kappa shape index (κ3) is 4.95. The van der Waals surface area contributed by atoms with Crippen molar-refractivity contribution >= 4 is 49.4 Å². The third-order valence-electron chi connectivity index (χ3n) is 5.64. The summed E-state index contributed by atoms with van der Waals surface area (Å²) in [4.78, 5) is 35.9. The summed E-state index contributed by atoms with van der Waals surface area (Å²) in [6.45, 7) is 1.73. The zero-order valence-electron chi connectivity index (χ0n) is 18.0. The monoisotopic (exact) mass is 480 g/mol. The molecule has 0 saturated carbocycles. The molecule has 1 aliphatic heterocycles. The summed E-state index contributed by atoms with van der Waals surface area (Å²) in [5, 5.41) is 4.38. The number of thiophene rings is 1. The Morgan fingerprint density at radius 1 is 1.24 bits per heavy atom. The van der Waals surface area contributed by atoms with E-state index in [0.29, 0.717) is 35.1 Å². The van der Waals surface area contributed by atoms with E-state index in [-0.39, 0.29) is 23.3 Å². The molecule has 170 valence electrons. The van der Waals surface area contributed by atoms with Crippen molar-refractivity contribution < 1.29 is 9.53 Å². The maximum atomic E-state index is 13.4. The van der Waals surface area contributed by atoms with Crippen LogP contribution in [0.15, 0.2) is 58.6 Å². The van der Waals surface area contributed by atoms with Crippen molar-refractivity contribution in [3.05, 3.63) is 64.6 Å². The van der Waals surface area contributed by atoms with Crippen LogP contribution in [-0.4, -0.2) is 45.5 Å². The molecular formula is C24H24N4O3S2. The van der Waals surface area contributed by atoms with E-state index < -0.39 is 0 Å². The van der Waals surface area contributed by atoms with Gasteiger partial charge in [-0.25, -0.2) is 9.97 Å². The second-order valence-corrected chi connectivity index (χ2v) is 9.90. The van der Waals surface area contributed by atoms with Crippen molar-refractivity contribution in [1.29, 1.82) is 0 Å². The average Bonchev–Trinajstić information content (AvgIpc) is 3.48. The van der Waals surface area contributed by atoms with E-state index in [9.17, 15) is 9.59 Å². The third-order valence-corrected chi connectivity index (χ3v) is 7.71. The van der Waals surface area contributed by atoms with E-state index in [1.807, 2.05) is 42.5 Å². The van der Waals surface area contributed by atoms with Crippen molar-refractivity contribution in [3.8, 4) is 0 Å². The molecule has 33 heavy (non-hydrogen) atoms. The number of nitrogens with one attached hydrogen (secondary N) is 1. The van der Waals surface area contributed by atoms with Gasteiger partial charge >= 0.3 is 0 Å². The minimum atomic E-state index is -0.0921. The van der Waals surface area contributed by atoms with Gasteiger partial charge in [0.05, 0.1) is 23.9 Å². The molecule has 1 N–H and O–H groups in total. The molecule has 1 saturated heterocycles. The first-order chi connectivity index (χ1) is 16.2. The van der Waals surface area contributed by atoms with Gasteiger partial charge in [-0.2, -0.15) is 0 Å². The Balaban J connectivity index is 1.36. The van der Waals surface area contributed by atoms with Gasteiger partial charge in [0.1, 0.15) is 9.53 Å². The smallest absolute Gasteiger partial charge is 0.272 e. The molecule has 1 aliphatic rings. The van der Waals surface area contributed by atoms with E-state index in [4.69, 9.17) is 9.72 Å². The van der Waals surface area contributed by atoms with Crippen LogP contribution in [0.5, 0.6) is 0 Å². The zero-order chi connectivity index (χ0) is 22.6. The average molecular weight is 481 g/mol. The molecule has 7 nitrogen and oxygen atoms in total. The van der Waals surface area contributed by atoms with Crippen molar-refractivity contribution in [2.75, 3.05) is 18.9 Å². The van der Waals surface area contributed by atoms with Crippen molar-refractivity contribution in [3.63, 3.8) is 0 Å². The lowest BCUT2D eigenvalue weighted by Crippen LogP contribution is -2.30. The van der Waals surface area contributed by atoms with Crippen LogP contribution in [-0.2, 0) is 22.5 Å². The van der Waals surface area contributed by atoms with Crippen LogP contribution >= 0.6 is 23.1 Å². The topological polar surface area (TPSA) is 86.1 Å². The van der Waals surface area contributed by atoms with E-state index in [1.54, 1.807) is 10.8 Å². The molecule has 0 spiro atoms. The van der Waals surface area contributed by atoms with Gasteiger partial charge in [0, 0.05) is 24.7 Å². The quantitative estimate of drug-likeness (QED) is 0.306. The molecule has 1 atom stereocenters. The molecule has 5 rings (SSSR count). The number of rotatable bonds is 8.